The second kappa shape index (κ2) is 10.4. The van der Waals surface area contributed by atoms with E-state index in [-0.39, 0.29) is 36.2 Å². The summed E-state index contributed by atoms with van der Waals surface area (Å²) in [6, 6.07) is 6.38. The third kappa shape index (κ3) is 5.28. The first-order chi connectivity index (χ1) is 13.5. The minimum atomic E-state index is -0.787. The van der Waals surface area contributed by atoms with Crippen molar-refractivity contribution in [3.8, 4) is 17.2 Å². The second-order valence-electron chi connectivity index (χ2n) is 5.43. The molecule has 0 fully saturated rings. The Balaban J connectivity index is 2.47. The smallest absolute Gasteiger partial charge is 0.193 e. The molecule has 0 heterocycles. The van der Waals surface area contributed by atoms with Crippen LogP contribution in [-0.4, -0.2) is 40.7 Å². The van der Waals surface area contributed by atoms with Crippen LogP contribution in [0, 0.1) is 11.6 Å². The molecule has 0 spiro atoms. The van der Waals surface area contributed by atoms with Crippen molar-refractivity contribution >= 4 is 11.9 Å². The van der Waals surface area contributed by atoms with Crippen molar-refractivity contribution in [3.05, 3.63) is 59.2 Å². The molecule has 8 heteroatoms. The van der Waals surface area contributed by atoms with Crippen molar-refractivity contribution < 1.29 is 37.3 Å². The van der Waals surface area contributed by atoms with Gasteiger partial charge in [0.2, 0.25) is 0 Å². The number of hydrogen-bond donors (Lipinski definition) is 0. The number of carbonyl (C=O) groups is 1. The predicted molar refractivity (Wildman–Crippen MR) is 97.7 cm³/mol. The zero-order valence-electron chi connectivity index (χ0n) is 15.7. The lowest BCUT2D eigenvalue weighted by Crippen LogP contribution is -2.09. The molecule has 0 unspecified atom stereocenters. The van der Waals surface area contributed by atoms with E-state index in [0.29, 0.717) is 5.75 Å². The van der Waals surface area contributed by atoms with Gasteiger partial charge in [-0.15, -0.1) is 0 Å². The molecule has 2 aromatic carbocycles. The first-order valence-electron chi connectivity index (χ1n) is 8.13. The van der Waals surface area contributed by atoms with Crippen LogP contribution in [0.15, 0.2) is 36.4 Å². The summed E-state index contributed by atoms with van der Waals surface area (Å²) >= 11 is 0. The minimum absolute atomic E-state index is 0.0305. The standard InChI is InChI=1S/C20H20F2O6/c1-24-11-27-18-9-13(26-3)10-19(28-12-25-2)20(18)17(23)8-7-14-15(21)5-4-6-16(14)22/h4-10H,11-12H2,1-3H3/b8-7+. The van der Waals surface area contributed by atoms with E-state index in [1.807, 2.05) is 0 Å². The summed E-state index contributed by atoms with van der Waals surface area (Å²) in [6.45, 7) is -0.272. The Bertz CT molecular complexity index is 801. The lowest BCUT2D eigenvalue weighted by molar-refractivity contribution is 0.0444. The average Bonchev–Trinajstić information content (AvgIpc) is 2.69. The molecule has 0 aliphatic carbocycles. The number of benzene rings is 2. The largest absolute Gasteiger partial charge is 0.496 e. The molecular weight excluding hydrogens is 374 g/mol. The van der Waals surface area contributed by atoms with Crippen LogP contribution in [0.1, 0.15) is 15.9 Å². The summed E-state index contributed by atoms with van der Waals surface area (Å²) in [5.74, 6) is -1.55. The van der Waals surface area contributed by atoms with Gasteiger partial charge in [0.15, 0.2) is 19.4 Å². The number of allylic oxidation sites excluding steroid dienone is 1. The molecule has 0 bridgehead atoms. The first kappa shape index (κ1) is 21.3. The minimum Gasteiger partial charge on any atom is -0.496 e. The SMILES string of the molecule is COCOc1cc(OC)cc(OCOC)c1C(=O)/C=C/c1c(F)cccc1F. The van der Waals surface area contributed by atoms with Crippen molar-refractivity contribution in [2.24, 2.45) is 0 Å². The zero-order chi connectivity index (χ0) is 20.5. The van der Waals surface area contributed by atoms with Crippen LogP contribution in [0.2, 0.25) is 0 Å². The summed E-state index contributed by atoms with van der Waals surface area (Å²) in [5.41, 5.74) is -0.300. The lowest BCUT2D eigenvalue weighted by atomic mass is 10.1. The van der Waals surface area contributed by atoms with Gasteiger partial charge in [-0.25, -0.2) is 8.78 Å². The summed E-state index contributed by atoms with van der Waals surface area (Å²) < 4.78 is 53.4. The normalized spacial score (nSPS) is 10.9. The molecule has 0 radical (unpaired) electrons. The van der Waals surface area contributed by atoms with E-state index < -0.39 is 17.4 Å². The average molecular weight is 394 g/mol. The number of rotatable bonds is 10. The fourth-order valence-electron chi connectivity index (χ4n) is 2.31. The monoisotopic (exact) mass is 394 g/mol. The van der Waals surface area contributed by atoms with Gasteiger partial charge in [-0.1, -0.05) is 6.07 Å². The third-order valence-electron chi connectivity index (χ3n) is 3.59. The molecule has 0 atom stereocenters. The highest BCUT2D eigenvalue weighted by atomic mass is 19.1. The maximum atomic E-state index is 13.8. The fourth-order valence-corrected chi connectivity index (χ4v) is 2.31. The van der Waals surface area contributed by atoms with E-state index >= 15 is 0 Å². The van der Waals surface area contributed by atoms with Crippen LogP contribution in [0.3, 0.4) is 0 Å². The quantitative estimate of drug-likeness (QED) is 0.347. The van der Waals surface area contributed by atoms with E-state index in [9.17, 15) is 13.6 Å². The van der Waals surface area contributed by atoms with Gasteiger partial charge in [0.25, 0.3) is 0 Å². The predicted octanol–water partition coefficient (Wildman–Crippen LogP) is 3.83. The van der Waals surface area contributed by atoms with Gasteiger partial charge in [-0.3, -0.25) is 4.79 Å². The van der Waals surface area contributed by atoms with Gasteiger partial charge in [-0.2, -0.15) is 0 Å². The number of methoxy groups -OCH3 is 3. The number of hydrogen-bond acceptors (Lipinski definition) is 6. The van der Waals surface area contributed by atoms with Crippen molar-refractivity contribution in [1.82, 2.24) is 0 Å². The Hall–Kier alpha value is -2.97. The van der Waals surface area contributed by atoms with Gasteiger partial charge >= 0.3 is 0 Å². The van der Waals surface area contributed by atoms with Crippen LogP contribution in [0.4, 0.5) is 8.78 Å². The van der Waals surface area contributed by atoms with Crippen LogP contribution in [0.25, 0.3) is 6.08 Å². The van der Waals surface area contributed by atoms with Crippen LogP contribution < -0.4 is 14.2 Å². The Morgan fingerprint density at radius 1 is 0.964 bits per heavy atom. The summed E-state index contributed by atoms with van der Waals surface area (Å²) in [7, 11) is 4.29. The maximum Gasteiger partial charge on any atom is 0.193 e. The van der Waals surface area contributed by atoms with Crippen molar-refractivity contribution in [3.63, 3.8) is 0 Å². The molecule has 150 valence electrons. The topological polar surface area (TPSA) is 63.2 Å². The Morgan fingerprint density at radius 3 is 1.96 bits per heavy atom. The molecule has 0 aliphatic rings. The van der Waals surface area contributed by atoms with E-state index in [4.69, 9.17) is 23.7 Å². The van der Waals surface area contributed by atoms with Gasteiger partial charge in [0, 0.05) is 31.9 Å². The van der Waals surface area contributed by atoms with Crippen LogP contribution >= 0.6 is 0 Å². The number of halogens is 2. The molecule has 0 N–H and O–H groups in total. The maximum absolute atomic E-state index is 13.8. The Kier molecular flexibility index (Phi) is 7.91. The summed E-state index contributed by atoms with van der Waals surface area (Å²) in [4.78, 5) is 12.8. The highest BCUT2D eigenvalue weighted by Gasteiger charge is 2.20. The van der Waals surface area contributed by atoms with Gasteiger partial charge in [0.1, 0.15) is 34.4 Å². The fraction of sp³-hybridized carbons (Fsp3) is 0.250. The molecule has 0 saturated heterocycles. The molecule has 0 aliphatic heterocycles. The molecule has 2 rings (SSSR count). The summed E-state index contributed by atoms with van der Waals surface area (Å²) in [6.07, 6.45) is 2.08. The van der Waals surface area contributed by atoms with Crippen LogP contribution in [-0.2, 0) is 9.47 Å². The van der Waals surface area contributed by atoms with Crippen molar-refractivity contribution in [1.29, 1.82) is 0 Å². The highest BCUT2D eigenvalue weighted by Crippen LogP contribution is 2.35. The Morgan fingerprint density at radius 2 is 1.50 bits per heavy atom. The molecule has 28 heavy (non-hydrogen) atoms. The van der Waals surface area contributed by atoms with Gasteiger partial charge < -0.3 is 23.7 Å². The number of ketones is 1. The summed E-state index contributed by atoms with van der Waals surface area (Å²) in [5, 5.41) is 0. The molecule has 0 amide bonds. The van der Waals surface area contributed by atoms with Crippen molar-refractivity contribution in [2.75, 3.05) is 34.9 Å². The lowest BCUT2D eigenvalue weighted by Gasteiger charge is -2.15. The third-order valence-corrected chi connectivity index (χ3v) is 3.59. The first-order valence-corrected chi connectivity index (χ1v) is 8.13. The second-order valence-corrected chi connectivity index (χ2v) is 5.43. The number of carbonyl (C=O) groups excluding carboxylic acids is 1. The van der Waals surface area contributed by atoms with E-state index in [2.05, 4.69) is 0 Å². The van der Waals surface area contributed by atoms with E-state index in [1.165, 1.54) is 39.5 Å². The zero-order valence-corrected chi connectivity index (χ0v) is 15.7. The van der Waals surface area contributed by atoms with Crippen molar-refractivity contribution in [2.45, 2.75) is 0 Å². The van der Waals surface area contributed by atoms with E-state index in [0.717, 1.165) is 24.3 Å². The van der Waals surface area contributed by atoms with Gasteiger partial charge in [0.05, 0.1) is 7.11 Å². The van der Waals surface area contributed by atoms with Gasteiger partial charge in [-0.05, 0) is 24.3 Å². The van der Waals surface area contributed by atoms with E-state index in [1.54, 1.807) is 0 Å². The highest BCUT2D eigenvalue weighted by molar-refractivity contribution is 6.10. The molecule has 2 aromatic rings. The van der Waals surface area contributed by atoms with Crippen LogP contribution in [0.5, 0.6) is 17.2 Å². The molecular formula is C20H20F2O6. The number of ether oxygens (including phenoxy) is 5. The Labute approximate surface area is 161 Å². The molecule has 6 nitrogen and oxygen atoms in total. The molecule has 0 aromatic heterocycles. The molecule has 0 saturated carbocycles.